The van der Waals surface area contributed by atoms with Crippen LogP contribution in [0, 0.1) is 0 Å². The first kappa shape index (κ1) is 12.1. The van der Waals surface area contributed by atoms with Gasteiger partial charge in [0, 0.05) is 11.1 Å². The number of carbonyl (C=O) groups excluding carboxylic acids is 1. The average molecular weight is 274 g/mol. The largest absolute Gasteiger partial charge is 0.431 e. The lowest BCUT2D eigenvalue weighted by atomic mass is 9.86. The standard InChI is InChI=1S/C15H12ClNO2/c16-10-15(11-6-2-1-3-7-11)12-8-4-5-9-13(12)17-14(18)19-15/h1-9H,10H2,(H,17,18)/t15-/m0/s1. The van der Waals surface area contributed by atoms with E-state index in [1.165, 1.54) is 0 Å². The number of amides is 1. The number of alkyl halides is 1. The predicted molar refractivity (Wildman–Crippen MR) is 74.5 cm³/mol. The maximum absolute atomic E-state index is 11.8. The van der Waals surface area contributed by atoms with E-state index in [1.807, 2.05) is 54.6 Å². The van der Waals surface area contributed by atoms with Gasteiger partial charge in [0.1, 0.15) is 0 Å². The van der Waals surface area contributed by atoms with Crippen LogP contribution in [-0.2, 0) is 10.3 Å². The van der Waals surface area contributed by atoms with Gasteiger partial charge in [0.25, 0.3) is 0 Å². The molecular weight excluding hydrogens is 262 g/mol. The third kappa shape index (κ3) is 1.87. The number of rotatable bonds is 2. The molecule has 1 aliphatic heterocycles. The van der Waals surface area contributed by atoms with Gasteiger partial charge in [-0.2, -0.15) is 0 Å². The highest BCUT2D eigenvalue weighted by molar-refractivity contribution is 6.19. The molecule has 0 spiro atoms. The first-order chi connectivity index (χ1) is 9.26. The molecule has 96 valence electrons. The monoisotopic (exact) mass is 273 g/mol. The fraction of sp³-hybridized carbons (Fsp3) is 0.133. The molecule has 2 aromatic carbocycles. The van der Waals surface area contributed by atoms with E-state index >= 15 is 0 Å². The van der Waals surface area contributed by atoms with Gasteiger partial charge in [0.15, 0.2) is 5.60 Å². The van der Waals surface area contributed by atoms with E-state index in [-0.39, 0.29) is 5.88 Å². The zero-order valence-corrected chi connectivity index (χ0v) is 10.9. The quantitative estimate of drug-likeness (QED) is 0.847. The van der Waals surface area contributed by atoms with Crippen molar-refractivity contribution in [1.29, 1.82) is 0 Å². The molecule has 1 amide bonds. The van der Waals surface area contributed by atoms with Crippen molar-refractivity contribution in [1.82, 2.24) is 0 Å². The zero-order chi connectivity index (χ0) is 13.3. The van der Waals surface area contributed by atoms with Gasteiger partial charge in [-0.3, -0.25) is 5.32 Å². The number of benzene rings is 2. The van der Waals surface area contributed by atoms with Crippen LogP contribution in [0.25, 0.3) is 0 Å². The third-order valence-corrected chi connectivity index (χ3v) is 3.67. The van der Waals surface area contributed by atoms with Gasteiger partial charge in [0.2, 0.25) is 0 Å². The summed E-state index contributed by atoms with van der Waals surface area (Å²) in [5.74, 6) is 0.168. The molecular formula is C15H12ClNO2. The second kappa shape index (κ2) is 4.59. The molecule has 1 N–H and O–H groups in total. The van der Waals surface area contributed by atoms with Crippen LogP contribution >= 0.6 is 11.6 Å². The van der Waals surface area contributed by atoms with E-state index < -0.39 is 11.7 Å². The summed E-state index contributed by atoms with van der Waals surface area (Å²) in [6.45, 7) is 0. The molecule has 0 aromatic heterocycles. The summed E-state index contributed by atoms with van der Waals surface area (Å²) in [4.78, 5) is 11.8. The molecule has 0 bridgehead atoms. The first-order valence-corrected chi connectivity index (χ1v) is 6.51. The number of cyclic esters (lactones) is 1. The lowest BCUT2D eigenvalue weighted by Crippen LogP contribution is -2.41. The van der Waals surface area contributed by atoms with Gasteiger partial charge in [-0.15, -0.1) is 11.6 Å². The Morgan fingerprint density at radius 3 is 2.47 bits per heavy atom. The Kier molecular flexibility index (Phi) is 2.91. The second-order valence-electron chi connectivity index (χ2n) is 4.39. The zero-order valence-electron chi connectivity index (χ0n) is 10.1. The van der Waals surface area contributed by atoms with E-state index in [4.69, 9.17) is 16.3 Å². The SMILES string of the molecule is O=C1Nc2ccccc2[C@](CCl)(c2ccccc2)O1. The number of fused-ring (bicyclic) bond motifs is 1. The molecule has 0 saturated carbocycles. The number of para-hydroxylation sites is 1. The highest BCUT2D eigenvalue weighted by atomic mass is 35.5. The Labute approximate surface area is 116 Å². The van der Waals surface area contributed by atoms with E-state index in [0.717, 1.165) is 16.8 Å². The van der Waals surface area contributed by atoms with Crippen molar-refractivity contribution < 1.29 is 9.53 Å². The Morgan fingerprint density at radius 2 is 1.74 bits per heavy atom. The Hall–Kier alpha value is -2.00. The number of hydrogen-bond acceptors (Lipinski definition) is 2. The summed E-state index contributed by atoms with van der Waals surface area (Å²) in [6, 6.07) is 17.1. The van der Waals surface area contributed by atoms with Crippen LogP contribution < -0.4 is 5.32 Å². The average Bonchev–Trinajstić information content (AvgIpc) is 2.47. The van der Waals surface area contributed by atoms with E-state index in [9.17, 15) is 4.79 Å². The fourth-order valence-electron chi connectivity index (χ4n) is 2.39. The molecule has 0 aliphatic carbocycles. The van der Waals surface area contributed by atoms with E-state index in [0.29, 0.717) is 0 Å². The third-order valence-electron chi connectivity index (χ3n) is 3.29. The lowest BCUT2D eigenvalue weighted by Gasteiger charge is -2.37. The van der Waals surface area contributed by atoms with Crippen LogP contribution in [0.3, 0.4) is 0 Å². The molecule has 3 rings (SSSR count). The number of halogens is 1. The highest BCUT2D eigenvalue weighted by Gasteiger charge is 2.42. The van der Waals surface area contributed by atoms with Crippen LogP contribution in [0.5, 0.6) is 0 Å². The summed E-state index contributed by atoms with van der Waals surface area (Å²) >= 11 is 6.16. The lowest BCUT2D eigenvalue weighted by molar-refractivity contribution is 0.0611. The van der Waals surface area contributed by atoms with Crippen LogP contribution in [0.1, 0.15) is 11.1 Å². The van der Waals surface area contributed by atoms with Gasteiger partial charge in [-0.1, -0.05) is 48.5 Å². The second-order valence-corrected chi connectivity index (χ2v) is 4.65. The minimum atomic E-state index is -0.929. The van der Waals surface area contributed by atoms with Crippen molar-refractivity contribution in [2.45, 2.75) is 5.60 Å². The van der Waals surface area contributed by atoms with Crippen LogP contribution in [0.15, 0.2) is 54.6 Å². The van der Waals surface area contributed by atoms with Crippen molar-refractivity contribution in [3.05, 3.63) is 65.7 Å². The van der Waals surface area contributed by atoms with Crippen molar-refractivity contribution in [2.24, 2.45) is 0 Å². The molecule has 0 saturated heterocycles. The Morgan fingerprint density at radius 1 is 1.05 bits per heavy atom. The van der Waals surface area contributed by atoms with Crippen LogP contribution in [0.4, 0.5) is 10.5 Å². The molecule has 1 atom stereocenters. The van der Waals surface area contributed by atoms with Crippen LogP contribution in [0.2, 0.25) is 0 Å². The van der Waals surface area contributed by atoms with E-state index in [1.54, 1.807) is 0 Å². The molecule has 4 heteroatoms. The van der Waals surface area contributed by atoms with Crippen molar-refractivity contribution in [3.63, 3.8) is 0 Å². The molecule has 0 radical (unpaired) electrons. The molecule has 2 aromatic rings. The number of carbonyl (C=O) groups is 1. The minimum absolute atomic E-state index is 0.168. The maximum Gasteiger partial charge on any atom is 0.412 e. The number of anilines is 1. The molecule has 19 heavy (non-hydrogen) atoms. The number of hydrogen-bond donors (Lipinski definition) is 1. The van der Waals surface area contributed by atoms with Crippen molar-refractivity contribution in [2.75, 3.05) is 11.2 Å². The minimum Gasteiger partial charge on any atom is -0.431 e. The molecule has 0 fully saturated rings. The topological polar surface area (TPSA) is 38.3 Å². The van der Waals surface area contributed by atoms with Gasteiger partial charge >= 0.3 is 6.09 Å². The Balaban J connectivity index is 2.24. The predicted octanol–water partition coefficient (Wildman–Crippen LogP) is 3.73. The normalized spacial score (nSPS) is 21.2. The Bertz CT molecular complexity index is 615. The number of nitrogens with one attached hydrogen (secondary N) is 1. The van der Waals surface area contributed by atoms with Gasteiger partial charge < -0.3 is 4.74 Å². The summed E-state index contributed by atoms with van der Waals surface area (Å²) in [6.07, 6.45) is -0.483. The van der Waals surface area contributed by atoms with Gasteiger partial charge in [0.05, 0.1) is 11.6 Å². The molecule has 1 aliphatic rings. The fourth-order valence-corrected chi connectivity index (χ4v) is 2.74. The summed E-state index contributed by atoms with van der Waals surface area (Å²) in [5, 5.41) is 2.70. The smallest absolute Gasteiger partial charge is 0.412 e. The molecule has 3 nitrogen and oxygen atoms in total. The molecule has 0 unspecified atom stereocenters. The first-order valence-electron chi connectivity index (χ1n) is 5.97. The van der Waals surface area contributed by atoms with Gasteiger partial charge in [-0.05, 0) is 6.07 Å². The van der Waals surface area contributed by atoms with Crippen LogP contribution in [-0.4, -0.2) is 12.0 Å². The van der Waals surface area contributed by atoms with Crippen molar-refractivity contribution >= 4 is 23.4 Å². The highest BCUT2D eigenvalue weighted by Crippen LogP contribution is 2.41. The number of ether oxygens (including phenoxy) is 1. The molecule has 1 heterocycles. The summed E-state index contributed by atoms with van der Waals surface area (Å²) in [7, 11) is 0. The van der Waals surface area contributed by atoms with Crippen molar-refractivity contribution in [3.8, 4) is 0 Å². The van der Waals surface area contributed by atoms with E-state index in [2.05, 4.69) is 5.32 Å². The summed E-state index contributed by atoms with van der Waals surface area (Å²) < 4.78 is 5.55. The maximum atomic E-state index is 11.8. The van der Waals surface area contributed by atoms with Gasteiger partial charge in [-0.25, -0.2) is 4.79 Å². The summed E-state index contributed by atoms with van der Waals surface area (Å²) in [5.41, 5.74) is 1.55.